The molecule has 2 unspecified atom stereocenters. The summed E-state index contributed by atoms with van der Waals surface area (Å²) in [5, 5.41) is 4.62. The molecule has 0 saturated carbocycles. The standard InChI is InChI=1S/C102H78N2/c1-7-71-39-47-77(48-40-71)101(95-63-67(3)35-37-69(95)5)93-33-21-19-29-87(93)89-57-55-81(65-97(89)101)103(79-51-43-75(44-52-79)73-23-11-9-12-24-73)99-61-59-85(83-27-15-17-31-91(83)99)86-60-62-100(92-32-18-16-28-84(86)92)104(80-53-45-76(46-54-80)74-25-13-10-14-26-74)82-56-58-90-88-30-20-22-34-94(88)102(98(90)66-82,78-49-41-72(8-2)42-50-78)96-64-68(4)36-38-70(96)6/h7-41,43-49,51-66H,1-2,42,50H2,3-6H3. The van der Waals surface area contributed by atoms with Crippen LogP contribution in [0.4, 0.5) is 34.1 Å². The van der Waals surface area contributed by atoms with Crippen LogP contribution in [-0.2, 0) is 10.8 Å². The van der Waals surface area contributed by atoms with E-state index in [0.29, 0.717) is 0 Å². The highest BCUT2D eigenvalue weighted by Gasteiger charge is 2.50. The zero-order chi connectivity index (χ0) is 70.2. The fourth-order valence-corrected chi connectivity index (χ4v) is 17.8. The number of fused-ring (bicyclic) bond motifs is 8. The fourth-order valence-electron chi connectivity index (χ4n) is 17.8. The average Bonchev–Trinajstić information content (AvgIpc) is 1.52. The summed E-state index contributed by atoms with van der Waals surface area (Å²) in [4.78, 5) is 5.02. The van der Waals surface area contributed by atoms with E-state index in [-0.39, 0.29) is 0 Å². The Kier molecular flexibility index (Phi) is 15.7. The van der Waals surface area contributed by atoms with E-state index in [1.165, 1.54) is 122 Å². The Morgan fingerprint density at radius 1 is 0.288 bits per heavy atom. The molecule has 0 N–H and O–H groups in total. The maximum Gasteiger partial charge on any atom is 0.0716 e. The van der Waals surface area contributed by atoms with Gasteiger partial charge in [0.1, 0.15) is 0 Å². The van der Waals surface area contributed by atoms with E-state index in [4.69, 9.17) is 0 Å². The first kappa shape index (κ1) is 63.5. The van der Waals surface area contributed by atoms with Crippen molar-refractivity contribution in [3.63, 3.8) is 0 Å². The second-order valence-electron chi connectivity index (χ2n) is 28.5. The lowest BCUT2D eigenvalue weighted by Gasteiger charge is -2.39. The van der Waals surface area contributed by atoms with Crippen LogP contribution < -0.4 is 9.80 Å². The lowest BCUT2D eigenvalue weighted by atomic mass is 9.63. The molecule has 0 radical (unpaired) electrons. The molecule has 0 amide bonds. The molecule has 0 fully saturated rings. The predicted molar refractivity (Wildman–Crippen MR) is 441 cm³/mol. The number of aryl methyl sites for hydroxylation is 4. The molecule has 15 aromatic rings. The highest BCUT2D eigenvalue weighted by atomic mass is 15.2. The van der Waals surface area contributed by atoms with E-state index in [1.54, 1.807) is 0 Å². The minimum atomic E-state index is -0.640. The van der Waals surface area contributed by atoms with Crippen molar-refractivity contribution >= 4 is 61.7 Å². The molecule has 2 atom stereocenters. The monoisotopic (exact) mass is 1330 g/mol. The Morgan fingerprint density at radius 3 is 1.16 bits per heavy atom. The Morgan fingerprint density at radius 2 is 0.692 bits per heavy atom. The quantitative estimate of drug-likeness (QED) is 0.101. The molecular formula is C102H78N2. The van der Waals surface area contributed by atoms with Crippen molar-refractivity contribution in [3.8, 4) is 55.6 Å². The van der Waals surface area contributed by atoms with Crippen molar-refractivity contribution < 1.29 is 0 Å². The van der Waals surface area contributed by atoms with Gasteiger partial charge >= 0.3 is 0 Å². The van der Waals surface area contributed by atoms with E-state index < -0.39 is 10.8 Å². The summed E-state index contributed by atoms with van der Waals surface area (Å²) in [6.45, 7) is 17.4. The van der Waals surface area contributed by atoms with Gasteiger partial charge in [0.2, 0.25) is 0 Å². The van der Waals surface area contributed by atoms with Crippen LogP contribution in [0, 0.1) is 27.7 Å². The molecule has 496 valence electrons. The van der Waals surface area contributed by atoms with Gasteiger partial charge in [0.25, 0.3) is 0 Å². The first-order valence-corrected chi connectivity index (χ1v) is 36.5. The smallest absolute Gasteiger partial charge is 0.0716 e. The van der Waals surface area contributed by atoms with Crippen LogP contribution in [0.3, 0.4) is 0 Å². The molecule has 18 rings (SSSR count). The first-order valence-electron chi connectivity index (χ1n) is 36.5. The topological polar surface area (TPSA) is 6.48 Å². The summed E-state index contributed by atoms with van der Waals surface area (Å²) in [5.74, 6) is 0. The summed E-state index contributed by atoms with van der Waals surface area (Å²) in [6, 6.07) is 123. The van der Waals surface area contributed by atoms with Crippen LogP contribution in [-0.4, -0.2) is 0 Å². The van der Waals surface area contributed by atoms with Crippen molar-refractivity contribution in [2.24, 2.45) is 0 Å². The number of nitrogens with zero attached hydrogens (tertiary/aromatic N) is 2. The summed E-state index contributed by atoms with van der Waals surface area (Å²) < 4.78 is 0. The zero-order valence-electron chi connectivity index (χ0n) is 59.2. The predicted octanol–water partition coefficient (Wildman–Crippen LogP) is 27.3. The first-order chi connectivity index (χ1) is 51.1. The van der Waals surface area contributed by atoms with Crippen molar-refractivity contribution in [1.82, 2.24) is 0 Å². The normalized spacial score (nSPS) is 15.5. The van der Waals surface area contributed by atoms with Crippen LogP contribution in [0.1, 0.15) is 79.6 Å². The van der Waals surface area contributed by atoms with Crippen LogP contribution in [0.2, 0.25) is 0 Å². The van der Waals surface area contributed by atoms with Crippen LogP contribution >= 0.6 is 0 Å². The van der Waals surface area contributed by atoms with Crippen molar-refractivity contribution in [3.05, 3.63) is 437 Å². The van der Waals surface area contributed by atoms with Gasteiger partial charge in [-0.25, -0.2) is 0 Å². The number of benzene rings is 15. The second-order valence-corrected chi connectivity index (χ2v) is 28.5. The molecule has 3 aliphatic rings. The van der Waals surface area contributed by atoms with Gasteiger partial charge in [-0.3, -0.25) is 0 Å². The molecule has 0 spiro atoms. The summed E-state index contributed by atoms with van der Waals surface area (Å²) in [5.41, 5.74) is 35.1. The van der Waals surface area contributed by atoms with Gasteiger partial charge in [0, 0.05) is 33.5 Å². The van der Waals surface area contributed by atoms with E-state index in [0.717, 1.165) is 79.8 Å². The lowest BCUT2D eigenvalue weighted by Crippen LogP contribution is -2.31. The van der Waals surface area contributed by atoms with Gasteiger partial charge in [-0.1, -0.05) is 321 Å². The summed E-state index contributed by atoms with van der Waals surface area (Å²) in [6.07, 6.45) is 10.5. The zero-order valence-corrected chi connectivity index (χ0v) is 59.2. The van der Waals surface area contributed by atoms with Gasteiger partial charge in [-0.15, -0.1) is 0 Å². The summed E-state index contributed by atoms with van der Waals surface area (Å²) in [7, 11) is 0. The van der Waals surface area contributed by atoms with Crippen LogP contribution in [0.15, 0.2) is 370 Å². The maximum absolute atomic E-state index is 4.22. The molecule has 0 heterocycles. The Balaban J connectivity index is 0.831. The molecule has 15 aromatic carbocycles. The number of allylic oxidation sites excluding steroid dienone is 5. The van der Waals surface area contributed by atoms with Crippen molar-refractivity contribution in [2.75, 3.05) is 9.80 Å². The van der Waals surface area contributed by atoms with E-state index >= 15 is 0 Å². The third kappa shape index (κ3) is 10.2. The molecule has 0 bridgehead atoms. The Hall–Kier alpha value is -12.6. The fraction of sp³-hybridized carbons (Fsp3) is 0.0784. The van der Waals surface area contributed by atoms with E-state index in [2.05, 4.69) is 390 Å². The summed E-state index contributed by atoms with van der Waals surface area (Å²) >= 11 is 0. The minimum absolute atomic E-state index is 0.555. The third-order valence-electron chi connectivity index (χ3n) is 22.7. The largest absolute Gasteiger partial charge is 0.310 e. The van der Waals surface area contributed by atoms with Gasteiger partial charge in [-0.05, 0) is 229 Å². The van der Waals surface area contributed by atoms with Gasteiger partial charge in [-0.2, -0.15) is 0 Å². The molecule has 104 heavy (non-hydrogen) atoms. The molecule has 0 saturated heterocycles. The number of rotatable bonds is 15. The molecule has 2 nitrogen and oxygen atoms in total. The highest BCUT2D eigenvalue weighted by Crippen LogP contribution is 2.62. The molecule has 3 aliphatic carbocycles. The van der Waals surface area contributed by atoms with Crippen molar-refractivity contribution in [1.29, 1.82) is 0 Å². The van der Waals surface area contributed by atoms with Crippen LogP contribution in [0.25, 0.3) is 83.3 Å². The minimum Gasteiger partial charge on any atom is -0.310 e. The number of hydrogen-bond acceptors (Lipinski definition) is 2. The molecule has 0 aromatic heterocycles. The van der Waals surface area contributed by atoms with Gasteiger partial charge < -0.3 is 9.80 Å². The SMILES string of the molecule is C=CC1=CC=C(C2(c3cc(C)ccc3C)c3ccccc3-c3ccc(N(c4ccc(-c5ccccc5)cc4)c4ccc(-c5ccc(N(c6ccc(-c7ccccc7)cc6)c6ccc7c(c6)C(c6ccc(C=C)cc6)(c6cc(C)ccc6C)c6ccccc6-7)c6ccccc56)c5ccccc45)cc32)CC1. The average molecular weight is 1330 g/mol. The molecular weight excluding hydrogens is 1250 g/mol. The Bertz CT molecular complexity index is 5990. The van der Waals surface area contributed by atoms with E-state index in [9.17, 15) is 0 Å². The molecule has 0 aliphatic heterocycles. The Labute approximate surface area is 611 Å². The highest BCUT2D eigenvalue weighted by molar-refractivity contribution is 6.13. The third-order valence-corrected chi connectivity index (χ3v) is 22.7. The van der Waals surface area contributed by atoms with E-state index in [1.807, 2.05) is 12.2 Å². The lowest BCUT2D eigenvalue weighted by molar-refractivity contribution is 0.683. The maximum atomic E-state index is 4.22. The number of anilines is 6. The molecule has 2 heteroatoms. The van der Waals surface area contributed by atoms with Gasteiger partial charge in [0.15, 0.2) is 0 Å². The van der Waals surface area contributed by atoms with Crippen LogP contribution in [0.5, 0.6) is 0 Å². The van der Waals surface area contributed by atoms with Gasteiger partial charge in [0.05, 0.1) is 22.2 Å². The second kappa shape index (κ2) is 25.8. The number of hydrogen-bond donors (Lipinski definition) is 0. The van der Waals surface area contributed by atoms with Crippen molar-refractivity contribution in [2.45, 2.75) is 51.4 Å².